The van der Waals surface area contributed by atoms with Crippen LogP contribution in [-0.4, -0.2) is 67.4 Å². The number of aromatic nitrogens is 2. The van der Waals surface area contributed by atoms with Crippen LogP contribution in [-0.2, 0) is 45.3 Å². The van der Waals surface area contributed by atoms with E-state index in [1.54, 1.807) is 0 Å². The molecule has 0 saturated heterocycles. The van der Waals surface area contributed by atoms with Gasteiger partial charge in [-0.05, 0) is 25.1 Å². The van der Waals surface area contributed by atoms with E-state index in [-0.39, 0.29) is 5.56 Å². The monoisotopic (exact) mass is 612 g/mol. The Bertz CT molecular complexity index is 1890. The smallest absolute Gasteiger partial charge is 0.286 e. The van der Waals surface area contributed by atoms with Crippen molar-refractivity contribution in [1.29, 1.82) is 0 Å². The lowest BCUT2D eigenvalue weighted by molar-refractivity contribution is 0.340. The highest BCUT2D eigenvalue weighted by Gasteiger charge is 2.44. The average molecular weight is 613 g/mol. The molecule has 0 saturated carbocycles. The minimum absolute atomic E-state index is 0.169. The number of benzene rings is 2. The zero-order valence-electron chi connectivity index (χ0n) is 19.1. The maximum atomic E-state index is 13.2. The molecule has 0 bridgehead atoms. The van der Waals surface area contributed by atoms with Crippen molar-refractivity contribution in [2.24, 2.45) is 0 Å². The van der Waals surface area contributed by atoms with Crippen LogP contribution in [0.5, 0.6) is 0 Å². The Morgan fingerprint density at radius 3 is 1.84 bits per heavy atom. The minimum atomic E-state index is -5.31. The van der Waals surface area contributed by atoms with Gasteiger partial charge in [-0.1, -0.05) is 30.3 Å². The third-order valence-electron chi connectivity index (χ3n) is 5.61. The molecule has 15 nitrogen and oxygen atoms in total. The molecule has 2 aromatic carbocycles. The Morgan fingerprint density at radius 2 is 1.37 bits per heavy atom. The molecule has 0 amide bonds. The van der Waals surface area contributed by atoms with Crippen molar-refractivity contribution in [2.75, 3.05) is 5.75 Å². The molecule has 1 aromatic heterocycles. The summed E-state index contributed by atoms with van der Waals surface area (Å²) in [5, 5.41) is 2.12. The summed E-state index contributed by atoms with van der Waals surface area (Å²) < 4.78 is 134. The van der Waals surface area contributed by atoms with Crippen LogP contribution in [0.1, 0.15) is 13.3 Å². The van der Waals surface area contributed by atoms with Crippen molar-refractivity contribution < 1.29 is 51.9 Å². The fraction of sp³-hybridized carbons (Fsp3) is 0.211. The summed E-state index contributed by atoms with van der Waals surface area (Å²) in [6.45, 7) is 0.804. The van der Waals surface area contributed by atoms with Gasteiger partial charge in [0.1, 0.15) is 4.90 Å². The second kappa shape index (κ2) is 9.68. The maximum absolute atomic E-state index is 13.2. The number of hydrogen-bond donors (Lipinski definition) is 5. The summed E-state index contributed by atoms with van der Waals surface area (Å²) in [6, 6.07) is 8.29. The molecule has 0 spiro atoms. The number of rotatable bonds is 9. The van der Waals surface area contributed by atoms with E-state index in [1.807, 2.05) is 0 Å². The molecule has 0 aliphatic carbocycles. The Hall–Kier alpha value is -2.91. The first-order valence-electron chi connectivity index (χ1n) is 10.1. The summed E-state index contributed by atoms with van der Waals surface area (Å²) in [7, 11) is -19.8. The molecule has 1 unspecified atom stereocenters. The highest BCUT2D eigenvalue weighted by molar-refractivity contribution is 7.87. The fourth-order valence-corrected chi connectivity index (χ4v) is 6.36. The van der Waals surface area contributed by atoms with Crippen LogP contribution in [0.4, 0.5) is 0 Å². The number of H-pyrrole nitrogens is 1. The van der Waals surface area contributed by atoms with Gasteiger partial charge in [0.25, 0.3) is 46.0 Å². The van der Waals surface area contributed by atoms with E-state index < -0.39 is 89.7 Å². The van der Waals surface area contributed by atoms with Gasteiger partial charge in [-0.2, -0.15) is 33.7 Å². The predicted octanol–water partition coefficient (Wildman–Crippen LogP) is 0.842. The van der Waals surface area contributed by atoms with Crippen molar-refractivity contribution in [1.82, 2.24) is 9.78 Å². The third-order valence-corrected chi connectivity index (χ3v) is 9.61. The molecule has 0 radical (unpaired) electrons. The second-order valence-electron chi connectivity index (χ2n) is 8.16. The Morgan fingerprint density at radius 1 is 0.816 bits per heavy atom. The van der Waals surface area contributed by atoms with E-state index in [0.29, 0.717) is 4.68 Å². The maximum Gasteiger partial charge on any atom is 0.295 e. The number of nitrogens with zero attached hydrogens (tertiary/aromatic N) is 1. The van der Waals surface area contributed by atoms with Gasteiger partial charge in [-0.15, -0.1) is 0 Å². The van der Waals surface area contributed by atoms with E-state index in [9.17, 15) is 56.7 Å². The van der Waals surface area contributed by atoms with Crippen molar-refractivity contribution in [3.05, 3.63) is 58.9 Å². The molecule has 5 N–H and O–H groups in total. The van der Waals surface area contributed by atoms with Gasteiger partial charge < -0.3 is 0 Å². The van der Waals surface area contributed by atoms with Crippen molar-refractivity contribution >= 4 is 40.5 Å². The first-order chi connectivity index (χ1) is 17.2. The van der Waals surface area contributed by atoms with E-state index >= 15 is 0 Å². The molecule has 3 aromatic rings. The van der Waals surface area contributed by atoms with E-state index in [2.05, 4.69) is 5.10 Å². The first-order valence-corrected chi connectivity index (χ1v) is 16.0. The van der Waals surface area contributed by atoms with Crippen LogP contribution in [0, 0.1) is 0 Å². The zero-order valence-corrected chi connectivity index (χ0v) is 22.3. The Kier molecular flexibility index (Phi) is 7.55. The lowest BCUT2D eigenvalue weighted by Crippen LogP contribution is -2.42. The summed E-state index contributed by atoms with van der Waals surface area (Å²) >= 11 is 0. The molecule has 0 fully saturated rings. The summed E-state index contributed by atoms with van der Waals surface area (Å²) in [5.74, 6) is -1.21. The van der Waals surface area contributed by atoms with Crippen molar-refractivity contribution in [3.63, 3.8) is 0 Å². The highest BCUT2D eigenvalue weighted by atomic mass is 32.2. The van der Waals surface area contributed by atoms with Crippen LogP contribution in [0.3, 0.4) is 0 Å². The highest BCUT2D eigenvalue weighted by Crippen LogP contribution is 2.39. The van der Waals surface area contributed by atoms with E-state index in [0.717, 1.165) is 43.3 Å². The topological polar surface area (TPSA) is 255 Å². The molecule has 1 heterocycles. The molecule has 19 heteroatoms. The summed E-state index contributed by atoms with van der Waals surface area (Å²) in [6.07, 6.45) is -1.02. The fourth-order valence-electron chi connectivity index (χ4n) is 3.67. The standard InChI is InChI=1S/C19H20N2O13S4/c1-19(38(32,33)34,10-11-35(23,24)25)21-17(12-6-8-13(9-7-12)36(26,27)28)16(18(22)20-21)14-4-2-3-5-15(14)37(29,30)31/h2-9H,10-11H2,1H3,(H,20,22)(H,23,24,25)(H,26,27,28)(H,29,30,31)(H,32,33,34). The molecular weight excluding hydrogens is 592 g/mol. The van der Waals surface area contributed by atoms with Crippen LogP contribution in [0.2, 0.25) is 0 Å². The lowest BCUT2D eigenvalue weighted by Gasteiger charge is -2.29. The van der Waals surface area contributed by atoms with Gasteiger partial charge in [0.05, 0.1) is 21.9 Å². The number of aromatic amines is 1. The van der Waals surface area contributed by atoms with Crippen LogP contribution in [0.15, 0.2) is 63.1 Å². The Balaban J connectivity index is 2.52. The molecular formula is C19H20N2O13S4. The van der Waals surface area contributed by atoms with Crippen LogP contribution < -0.4 is 5.56 Å². The van der Waals surface area contributed by atoms with Gasteiger partial charge in [0.2, 0.25) is 0 Å². The lowest BCUT2D eigenvalue weighted by atomic mass is 10.0. The van der Waals surface area contributed by atoms with Gasteiger partial charge in [0, 0.05) is 17.5 Å². The molecule has 208 valence electrons. The van der Waals surface area contributed by atoms with E-state index in [1.165, 1.54) is 12.1 Å². The largest absolute Gasteiger partial charge is 0.295 e. The number of hydrogen-bond acceptors (Lipinski definition) is 9. The minimum Gasteiger partial charge on any atom is -0.286 e. The zero-order chi connectivity index (χ0) is 28.9. The average Bonchev–Trinajstić information content (AvgIpc) is 3.12. The SMILES string of the molecule is CC(CCS(=O)(=O)O)(n1[nH]c(=O)c(-c2ccccc2S(=O)(=O)O)c1-c1ccc(S(=O)(=O)O)cc1)S(=O)(=O)O. The summed E-state index contributed by atoms with van der Waals surface area (Å²) in [4.78, 5) is 9.10. The van der Waals surface area contributed by atoms with Crippen LogP contribution in [0.25, 0.3) is 22.4 Å². The second-order valence-corrected chi connectivity index (χ2v) is 14.4. The predicted molar refractivity (Wildman–Crippen MR) is 132 cm³/mol. The first kappa shape index (κ1) is 29.6. The van der Waals surface area contributed by atoms with Crippen molar-refractivity contribution in [3.8, 4) is 22.4 Å². The van der Waals surface area contributed by atoms with E-state index in [4.69, 9.17) is 0 Å². The van der Waals surface area contributed by atoms with Gasteiger partial charge in [-0.3, -0.25) is 32.8 Å². The molecule has 38 heavy (non-hydrogen) atoms. The van der Waals surface area contributed by atoms with Crippen LogP contribution >= 0.6 is 0 Å². The Labute approximate surface area is 216 Å². The van der Waals surface area contributed by atoms with Gasteiger partial charge in [-0.25, -0.2) is 0 Å². The molecule has 0 aliphatic rings. The van der Waals surface area contributed by atoms with Gasteiger partial charge >= 0.3 is 0 Å². The molecule has 0 aliphatic heterocycles. The van der Waals surface area contributed by atoms with Crippen molar-refractivity contribution in [2.45, 2.75) is 28.0 Å². The number of nitrogens with one attached hydrogen (secondary N) is 1. The molecule has 1 atom stereocenters. The normalized spacial score (nSPS) is 14.8. The third kappa shape index (κ3) is 5.89. The summed E-state index contributed by atoms with van der Waals surface area (Å²) in [5.41, 5.74) is -2.81. The van der Waals surface area contributed by atoms with Gasteiger partial charge in [0.15, 0.2) is 4.87 Å². The quantitative estimate of drug-likeness (QED) is 0.210. The molecule has 3 rings (SSSR count).